The minimum Gasteiger partial charge on any atom is -0.326 e. The van der Waals surface area contributed by atoms with Gasteiger partial charge in [-0.15, -0.1) is 0 Å². The van der Waals surface area contributed by atoms with Crippen LogP contribution in [0.3, 0.4) is 0 Å². The summed E-state index contributed by atoms with van der Waals surface area (Å²) in [6, 6.07) is 5.64. The SMILES string of the molecule is Cc1cc(Br)ccc1NC(=O)CCCn1cc([N+](=O)[O-])cn1. The Morgan fingerprint density at radius 3 is 2.91 bits per heavy atom. The van der Waals surface area contributed by atoms with Crippen LogP contribution >= 0.6 is 15.9 Å². The Bertz CT molecular complexity index is 699. The number of hydrogen-bond acceptors (Lipinski definition) is 4. The number of benzene rings is 1. The summed E-state index contributed by atoms with van der Waals surface area (Å²) in [6.07, 6.45) is 3.44. The molecule has 22 heavy (non-hydrogen) atoms. The summed E-state index contributed by atoms with van der Waals surface area (Å²) in [5.41, 5.74) is 1.71. The highest BCUT2D eigenvalue weighted by atomic mass is 79.9. The molecule has 1 amide bonds. The van der Waals surface area contributed by atoms with Crippen molar-refractivity contribution in [1.29, 1.82) is 0 Å². The summed E-state index contributed by atoms with van der Waals surface area (Å²) in [6.45, 7) is 2.38. The summed E-state index contributed by atoms with van der Waals surface area (Å²) in [7, 11) is 0. The molecule has 7 nitrogen and oxygen atoms in total. The van der Waals surface area contributed by atoms with Gasteiger partial charge in [-0.1, -0.05) is 15.9 Å². The van der Waals surface area contributed by atoms with Crippen LogP contribution in [-0.2, 0) is 11.3 Å². The molecule has 0 aliphatic carbocycles. The van der Waals surface area contributed by atoms with Crippen molar-refractivity contribution < 1.29 is 9.72 Å². The Morgan fingerprint density at radius 1 is 1.50 bits per heavy atom. The molecule has 1 aromatic carbocycles. The first-order valence-electron chi connectivity index (χ1n) is 6.68. The fourth-order valence-corrected chi connectivity index (χ4v) is 2.43. The lowest BCUT2D eigenvalue weighted by atomic mass is 10.2. The maximum atomic E-state index is 11.9. The number of aryl methyl sites for hydroxylation is 2. The molecular weight excluding hydrogens is 352 g/mol. The molecule has 1 heterocycles. The molecule has 116 valence electrons. The molecule has 2 aromatic rings. The Kier molecular flexibility index (Phi) is 5.26. The zero-order valence-electron chi connectivity index (χ0n) is 12.0. The average molecular weight is 367 g/mol. The van der Waals surface area contributed by atoms with Gasteiger partial charge < -0.3 is 5.32 Å². The minimum atomic E-state index is -0.494. The Balaban J connectivity index is 1.81. The van der Waals surface area contributed by atoms with Crippen LogP contribution in [0.15, 0.2) is 35.1 Å². The smallest absolute Gasteiger partial charge is 0.306 e. The number of nitrogens with zero attached hydrogens (tertiary/aromatic N) is 3. The zero-order valence-corrected chi connectivity index (χ0v) is 13.5. The normalized spacial score (nSPS) is 10.5. The molecule has 0 saturated heterocycles. The van der Waals surface area contributed by atoms with Gasteiger partial charge in [0.1, 0.15) is 12.4 Å². The van der Waals surface area contributed by atoms with Gasteiger partial charge >= 0.3 is 5.69 Å². The van der Waals surface area contributed by atoms with E-state index < -0.39 is 4.92 Å². The molecule has 1 aromatic heterocycles. The molecule has 8 heteroatoms. The van der Waals surface area contributed by atoms with Gasteiger partial charge in [0.05, 0.1) is 4.92 Å². The van der Waals surface area contributed by atoms with Crippen molar-refractivity contribution in [3.05, 3.63) is 50.7 Å². The first-order valence-corrected chi connectivity index (χ1v) is 7.48. The van der Waals surface area contributed by atoms with E-state index in [9.17, 15) is 14.9 Å². The van der Waals surface area contributed by atoms with E-state index in [1.54, 1.807) is 0 Å². The lowest BCUT2D eigenvalue weighted by molar-refractivity contribution is -0.385. The van der Waals surface area contributed by atoms with E-state index >= 15 is 0 Å². The van der Waals surface area contributed by atoms with Crippen molar-refractivity contribution in [1.82, 2.24) is 9.78 Å². The molecule has 0 aliphatic heterocycles. The number of nitro groups is 1. The van der Waals surface area contributed by atoms with Crippen LogP contribution in [0.1, 0.15) is 18.4 Å². The predicted molar refractivity (Wildman–Crippen MR) is 85.6 cm³/mol. The fraction of sp³-hybridized carbons (Fsp3) is 0.286. The zero-order chi connectivity index (χ0) is 16.1. The number of anilines is 1. The fourth-order valence-electron chi connectivity index (χ4n) is 1.95. The maximum Gasteiger partial charge on any atom is 0.306 e. The summed E-state index contributed by atoms with van der Waals surface area (Å²) in [5.74, 6) is -0.0907. The standard InChI is InChI=1S/C14H15BrN4O3/c1-10-7-11(15)4-5-13(10)17-14(20)3-2-6-18-9-12(8-16-18)19(21)22/h4-5,7-9H,2-3,6H2,1H3,(H,17,20). The van der Waals surface area contributed by atoms with E-state index in [4.69, 9.17) is 0 Å². The number of halogens is 1. The third-order valence-corrected chi connectivity index (χ3v) is 3.58. The van der Waals surface area contributed by atoms with E-state index in [1.807, 2.05) is 25.1 Å². The van der Waals surface area contributed by atoms with Gasteiger partial charge in [0.25, 0.3) is 0 Å². The van der Waals surface area contributed by atoms with Gasteiger partial charge in [-0.3, -0.25) is 19.6 Å². The lowest BCUT2D eigenvalue weighted by Gasteiger charge is -2.08. The van der Waals surface area contributed by atoms with Crippen LogP contribution in [0, 0.1) is 17.0 Å². The highest BCUT2D eigenvalue weighted by Gasteiger charge is 2.09. The van der Waals surface area contributed by atoms with Crippen LogP contribution in [0.25, 0.3) is 0 Å². The summed E-state index contributed by atoms with van der Waals surface area (Å²) >= 11 is 3.37. The predicted octanol–water partition coefficient (Wildman–Crippen LogP) is 3.28. The number of aromatic nitrogens is 2. The Morgan fingerprint density at radius 2 is 2.27 bits per heavy atom. The second-order valence-electron chi connectivity index (χ2n) is 4.83. The Labute approximate surface area is 135 Å². The largest absolute Gasteiger partial charge is 0.326 e. The van der Waals surface area contributed by atoms with E-state index in [0.717, 1.165) is 15.7 Å². The number of rotatable bonds is 6. The third-order valence-electron chi connectivity index (χ3n) is 3.08. The molecule has 0 aliphatic rings. The lowest BCUT2D eigenvalue weighted by Crippen LogP contribution is -2.13. The quantitative estimate of drug-likeness (QED) is 0.627. The van der Waals surface area contributed by atoms with Gasteiger partial charge in [-0.2, -0.15) is 5.10 Å². The second-order valence-corrected chi connectivity index (χ2v) is 5.75. The van der Waals surface area contributed by atoms with Crippen molar-refractivity contribution in [2.75, 3.05) is 5.32 Å². The van der Waals surface area contributed by atoms with Crippen LogP contribution in [0.4, 0.5) is 11.4 Å². The van der Waals surface area contributed by atoms with E-state index in [2.05, 4.69) is 26.3 Å². The second kappa shape index (κ2) is 7.17. The summed E-state index contributed by atoms with van der Waals surface area (Å²) in [4.78, 5) is 21.9. The molecule has 1 N–H and O–H groups in total. The minimum absolute atomic E-state index is 0.0464. The number of nitrogens with one attached hydrogen (secondary N) is 1. The van der Waals surface area contributed by atoms with Crippen molar-refractivity contribution >= 4 is 33.2 Å². The van der Waals surface area contributed by atoms with E-state index in [0.29, 0.717) is 19.4 Å². The molecule has 0 fully saturated rings. The van der Waals surface area contributed by atoms with E-state index in [-0.39, 0.29) is 11.6 Å². The number of amides is 1. The molecule has 2 rings (SSSR count). The van der Waals surface area contributed by atoms with Gasteiger partial charge in [0.2, 0.25) is 5.91 Å². The van der Waals surface area contributed by atoms with Crippen molar-refractivity contribution in [2.24, 2.45) is 0 Å². The van der Waals surface area contributed by atoms with Crippen molar-refractivity contribution in [3.63, 3.8) is 0 Å². The summed E-state index contributed by atoms with van der Waals surface area (Å²) in [5, 5.41) is 17.3. The number of hydrogen-bond donors (Lipinski definition) is 1. The third kappa shape index (κ3) is 4.39. The van der Waals surface area contributed by atoms with Crippen LogP contribution in [0.5, 0.6) is 0 Å². The molecular formula is C14H15BrN4O3. The maximum absolute atomic E-state index is 11.9. The monoisotopic (exact) mass is 366 g/mol. The van der Waals surface area contributed by atoms with E-state index in [1.165, 1.54) is 17.1 Å². The van der Waals surface area contributed by atoms with Crippen LogP contribution < -0.4 is 5.32 Å². The van der Waals surface area contributed by atoms with Crippen molar-refractivity contribution in [2.45, 2.75) is 26.3 Å². The molecule has 0 bridgehead atoms. The van der Waals surface area contributed by atoms with Gasteiger partial charge in [-0.05, 0) is 37.1 Å². The molecule has 0 atom stereocenters. The highest BCUT2D eigenvalue weighted by Crippen LogP contribution is 2.20. The topological polar surface area (TPSA) is 90.1 Å². The van der Waals surface area contributed by atoms with Crippen LogP contribution in [0.2, 0.25) is 0 Å². The van der Waals surface area contributed by atoms with Gasteiger partial charge in [0.15, 0.2) is 0 Å². The first-order chi connectivity index (χ1) is 10.5. The molecule has 0 radical (unpaired) electrons. The Hall–Kier alpha value is -2.22. The van der Waals surface area contributed by atoms with Gasteiger partial charge in [-0.25, -0.2) is 0 Å². The van der Waals surface area contributed by atoms with Crippen LogP contribution in [-0.4, -0.2) is 20.6 Å². The first kappa shape index (κ1) is 16.2. The molecule has 0 unspecified atom stereocenters. The van der Waals surface area contributed by atoms with Gasteiger partial charge in [0, 0.05) is 23.1 Å². The highest BCUT2D eigenvalue weighted by molar-refractivity contribution is 9.10. The molecule has 0 saturated carbocycles. The molecule has 0 spiro atoms. The average Bonchev–Trinajstić information content (AvgIpc) is 2.91. The number of carbonyl (C=O) groups is 1. The van der Waals surface area contributed by atoms with Crippen molar-refractivity contribution in [3.8, 4) is 0 Å². The summed E-state index contributed by atoms with van der Waals surface area (Å²) < 4.78 is 2.43. The number of carbonyl (C=O) groups excluding carboxylic acids is 1.